The molecule has 0 aromatic heterocycles. The number of Topliss-reactive ketones (excluding diaryl/α,β-unsaturated/α-hetero) is 1. The molecule has 4 atom stereocenters. The van der Waals surface area contributed by atoms with E-state index in [-0.39, 0.29) is 36.3 Å². The molecular formula is C25H22FNO5. The van der Waals surface area contributed by atoms with Gasteiger partial charge in [-0.25, -0.2) is 4.39 Å². The number of ketones is 2. The van der Waals surface area contributed by atoms with Crippen LogP contribution < -0.4 is 0 Å². The van der Waals surface area contributed by atoms with Crippen molar-refractivity contribution in [3.8, 4) is 5.75 Å². The molecule has 1 saturated heterocycles. The Bertz CT molecular complexity index is 1210. The van der Waals surface area contributed by atoms with E-state index in [1.54, 1.807) is 13.8 Å². The van der Waals surface area contributed by atoms with Crippen LogP contribution in [-0.2, 0) is 19.2 Å². The third-order valence-corrected chi connectivity index (χ3v) is 7.27. The molecule has 1 fully saturated rings. The van der Waals surface area contributed by atoms with Crippen LogP contribution in [0.3, 0.4) is 0 Å². The van der Waals surface area contributed by atoms with Gasteiger partial charge in [0.15, 0.2) is 23.1 Å². The van der Waals surface area contributed by atoms with E-state index >= 15 is 0 Å². The lowest BCUT2D eigenvalue weighted by Crippen LogP contribution is -2.39. The second kappa shape index (κ2) is 7.08. The summed E-state index contributed by atoms with van der Waals surface area (Å²) in [6, 6.07) is 3.93. The maximum absolute atomic E-state index is 14.3. The van der Waals surface area contributed by atoms with Gasteiger partial charge in [0.25, 0.3) is 0 Å². The highest BCUT2D eigenvalue weighted by atomic mass is 19.1. The van der Waals surface area contributed by atoms with Crippen LogP contribution in [0.15, 0.2) is 52.6 Å². The summed E-state index contributed by atoms with van der Waals surface area (Å²) in [5, 5.41) is 9.66. The minimum atomic E-state index is -0.827. The molecule has 164 valence electrons. The van der Waals surface area contributed by atoms with E-state index in [1.807, 2.05) is 6.08 Å². The van der Waals surface area contributed by atoms with E-state index in [0.717, 1.165) is 5.57 Å². The molecule has 1 aromatic rings. The van der Waals surface area contributed by atoms with Gasteiger partial charge in [-0.05, 0) is 56.4 Å². The highest BCUT2D eigenvalue weighted by Crippen LogP contribution is 2.55. The number of hydrogen-bond donors (Lipinski definition) is 1. The Morgan fingerprint density at radius 2 is 1.88 bits per heavy atom. The second-order valence-corrected chi connectivity index (χ2v) is 8.86. The zero-order valence-corrected chi connectivity index (χ0v) is 17.7. The largest absolute Gasteiger partial charge is 0.505 e. The Morgan fingerprint density at radius 1 is 1.12 bits per heavy atom. The number of halogens is 1. The first-order chi connectivity index (χ1) is 15.2. The molecule has 1 N–H and O–H groups in total. The van der Waals surface area contributed by atoms with Gasteiger partial charge in [0.05, 0.1) is 11.8 Å². The van der Waals surface area contributed by atoms with Gasteiger partial charge < -0.3 is 5.11 Å². The van der Waals surface area contributed by atoms with Crippen LogP contribution in [0.4, 0.5) is 4.39 Å². The average molecular weight is 435 g/mol. The molecule has 1 aromatic carbocycles. The number of aromatic hydroxyl groups is 1. The van der Waals surface area contributed by atoms with Gasteiger partial charge in [-0.3, -0.25) is 24.1 Å². The minimum Gasteiger partial charge on any atom is -0.505 e. The third-order valence-electron chi connectivity index (χ3n) is 7.27. The number of carbonyl (C=O) groups is 4. The van der Waals surface area contributed by atoms with Gasteiger partial charge in [0, 0.05) is 29.2 Å². The maximum atomic E-state index is 14.3. The molecule has 0 radical (unpaired) electrons. The summed E-state index contributed by atoms with van der Waals surface area (Å²) in [7, 11) is 0. The van der Waals surface area contributed by atoms with E-state index in [0.29, 0.717) is 28.7 Å². The molecule has 3 aliphatic carbocycles. The monoisotopic (exact) mass is 435 g/mol. The third kappa shape index (κ3) is 2.70. The molecule has 4 aliphatic rings. The topological polar surface area (TPSA) is 91.8 Å². The lowest BCUT2D eigenvalue weighted by Gasteiger charge is -2.42. The molecule has 4 unspecified atom stereocenters. The number of phenolic OH excluding ortho intramolecular Hbond substituents is 1. The Labute approximate surface area is 184 Å². The highest BCUT2D eigenvalue weighted by Gasteiger charge is 2.55. The van der Waals surface area contributed by atoms with E-state index in [2.05, 4.69) is 0 Å². The summed E-state index contributed by atoms with van der Waals surface area (Å²) in [6.07, 6.45) is 3.75. The fraction of sp³-hybridized carbons (Fsp3) is 0.360. The number of rotatable bonds is 2. The molecular weight excluding hydrogens is 413 g/mol. The Morgan fingerprint density at radius 3 is 2.56 bits per heavy atom. The molecule has 7 heteroatoms. The van der Waals surface area contributed by atoms with E-state index in [4.69, 9.17) is 0 Å². The number of likely N-dealkylation sites (tertiary alicyclic amines) is 1. The van der Waals surface area contributed by atoms with Crippen LogP contribution >= 0.6 is 0 Å². The highest BCUT2D eigenvalue weighted by molar-refractivity contribution is 6.23. The van der Waals surface area contributed by atoms with Crippen LogP contribution in [0.1, 0.15) is 38.2 Å². The number of benzene rings is 1. The lowest BCUT2D eigenvalue weighted by atomic mass is 9.59. The quantitative estimate of drug-likeness (QED) is 0.438. The van der Waals surface area contributed by atoms with Gasteiger partial charge in [-0.1, -0.05) is 17.7 Å². The predicted molar refractivity (Wildman–Crippen MR) is 112 cm³/mol. The van der Waals surface area contributed by atoms with Crippen LogP contribution in [0, 0.1) is 23.6 Å². The van der Waals surface area contributed by atoms with Crippen molar-refractivity contribution in [2.45, 2.75) is 32.6 Å². The SMILES string of the molecule is CCN1C(=O)C2CC=C3C(c4ccc(O)c(F)c4)C4=C(CC3C2C1=O)C(=O)C(C)=CC4=O. The summed E-state index contributed by atoms with van der Waals surface area (Å²) in [4.78, 5) is 53.3. The van der Waals surface area contributed by atoms with Crippen molar-refractivity contribution in [1.82, 2.24) is 4.90 Å². The Balaban J connectivity index is 1.71. The maximum Gasteiger partial charge on any atom is 0.233 e. The molecule has 0 saturated carbocycles. The molecule has 0 spiro atoms. The fourth-order valence-corrected chi connectivity index (χ4v) is 5.84. The summed E-state index contributed by atoms with van der Waals surface area (Å²) in [5.41, 5.74) is 2.17. The first kappa shape index (κ1) is 20.5. The first-order valence-electron chi connectivity index (χ1n) is 10.8. The number of amides is 2. The zero-order valence-electron chi connectivity index (χ0n) is 17.7. The number of carbonyl (C=O) groups excluding carboxylic acids is 4. The number of phenols is 1. The van der Waals surface area contributed by atoms with Gasteiger partial charge in [0.2, 0.25) is 11.8 Å². The Kier molecular flexibility index (Phi) is 4.55. The molecule has 2 amide bonds. The van der Waals surface area contributed by atoms with Crippen molar-refractivity contribution in [3.63, 3.8) is 0 Å². The number of nitrogens with zero attached hydrogens (tertiary/aromatic N) is 1. The van der Waals surface area contributed by atoms with Crippen molar-refractivity contribution >= 4 is 23.4 Å². The van der Waals surface area contributed by atoms with Gasteiger partial charge in [-0.2, -0.15) is 0 Å². The van der Waals surface area contributed by atoms with Crippen molar-refractivity contribution in [2.75, 3.05) is 6.54 Å². The molecule has 0 bridgehead atoms. The summed E-state index contributed by atoms with van der Waals surface area (Å²) in [6.45, 7) is 3.62. The first-order valence-corrected chi connectivity index (χ1v) is 10.8. The van der Waals surface area contributed by atoms with Crippen LogP contribution in [-0.4, -0.2) is 39.9 Å². The van der Waals surface area contributed by atoms with Gasteiger partial charge in [-0.15, -0.1) is 0 Å². The number of fused-ring (bicyclic) bond motifs is 3. The molecule has 1 heterocycles. The van der Waals surface area contributed by atoms with E-state index in [9.17, 15) is 28.7 Å². The van der Waals surface area contributed by atoms with Crippen molar-refractivity contribution in [3.05, 3.63) is 64.0 Å². The van der Waals surface area contributed by atoms with Crippen molar-refractivity contribution < 1.29 is 28.7 Å². The van der Waals surface area contributed by atoms with Crippen molar-refractivity contribution in [2.24, 2.45) is 17.8 Å². The van der Waals surface area contributed by atoms with Crippen molar-refractivity contribution in [1.29, 1.82) is 0 Å². The van der Waals surface area contributed by atoms with Gasteiger partial charge in [0.1, 0.15) is 0 Å². The number of allylic oxidation sites excluding steroid dienone is 6. The molecule has 1 aliphatic heterocycles. The van der Waals surface area contributed by atoms with Crippen LogP contribution in [0.2, 0.25) is 0 Å². The lowest BCUT2D eigenvalue weighted by molar-refractivity contribution is -0.139. The fourth-order valence-electron chi connectivity index (χ4n) is 5.84. The summed E-state index contributed by atoms with van der Waals surface area (Å²) < 4.78 is 14.3. The average Bonchev–Trinajstić information content (AvgIpc) is 3.02. The van der Waals surface area contributed by atoms with Crippen LogP contribution in [0.25, 0.3) is 0 Å². The van der Waals surface area contributed by atoms with E-state index in [1.165, 1.54) is 29.2 Å². The zero-order chi connectivity index (χ0) is 22.9. The second-order valence-electron chi connectivity index (χ2n) is 8.86. The minimum absolute atomic E-state index is 0.200. The van der Waals surface area contributed by atoms with Gasteiger partial charge >= 0.3 is 0 Å². The molecule has 32 heavy (non-hydrogen) atoms. The summed E-state index contributed by atoms with van der Waals surface area (Å²) >= 11 is 0. The molecule has 5 rings (SSSR count). The standard InChI is InChI=1S/C25H22FNO5/c1-3-27-24(31)14-6-5-13-15(21(14)25(27)32)10-16-22(19(29)8-11(2)23(16)30)20(13)12-4-7-18(28)17(26)9-12/h4-5,7-9,14-15,20-21,28H,3,6,10H2,1-2H3. The predicted octanol–water partition coefficient (Wildman–Crippen LogP) is 2.98. The number of hydrogen-bond acceptors (Lipinski definition) is 5. The normalized spacial score (nSPS) is 29.5. The molecule has 6 nitrogen and oxygen atoms in total. The van der Waals surface area contributed by atoms with Crippen LogP contribution in [0.5, 0.6) is 5.75 Å². The summed E-state index contributed by atoms with van der Waals surface area (Å²) in [5.74, 6) is -4.57. The smallest absolute Gasteiger partial charge is 0.233 e. The Hall–Kier alpha value is -3.35. The number of imide groups is 1. The van der Waals surface area contributed by atoms with E-state index < -0.39 is 35.2 Å².